The number of hydrogen-bond donors (Lipinski definition) is 0. The van der Waals surface area contributed by atoms with Crippen molar-refractivity contribution < 1.29 is 19.1 Å². The molecule has 6 nitrogen and oxygen atoms in total. The Kier molecular flexibility index (Phi) is 5.46. The van der Waals surface area contributed by atoms with Crippen LogP contribution in [0.5, 0.6) is 5.75 Å². The molecule has 0 aliphatic carbocycles. The van der Waals surface area contributed by atoms with E-state index in [0.717, 1.165) is 5.56 Å². The highest BCUT2D eigenvalue weighted by atomic mass is 16.5. The predicted molar refractivity (Wildman–Crippen MR) is 111 cm³/mol. The minimum absolute atomic E-state index is 0.0358. The van der Waals surface area contributed by atoms with Crippen molar-refractivity contribution in [3.63, 3.8) is 0 Å². The fraction of sp³-hybridized carbons (Fsp3) is 0.348. The van der Waals surface area contributed by atoms with Crippen molar-refractivity contribution in [1.29, 1.82) is 0 Å². The lowest BCUT2D eigenvalue weighted by molar-refractivity contribution is -0.123. The van der Waals surface area contributed by atoms with Gasteiger partial charge in [-0.05, 0) is 64.1 Å². The Morgan fingerprint density at radius 1 is 1.03 bits per heavy atom. The van der Waals surface area contributed by atoms with E-state index < -0.39 is 11.6 Å². The molecule has 3 amide bonds. The monoisotopic (exact) mass is 394 g/mol. The molecule has 1 aliphatic rings. The van der Waals surface area contributed by atoms with E-state index in [4.69, 9.17) is 4.74 Å². The second-order valence-corrected chi connectivity index (χ2v) is 8.20. The van der Waals surface area contributed by atoms with Crippen LogP contribution in [0.25, 0.3) is 0 Å². The van der Waals surface area contributed by atoms with Crippen LogP contribution in [0, 0.1) is 6.92 Å². The quantitative estimate of drug-likeness (QED) is 0.744. The van der Waals surface area contributed by atoms with Crippen molar-refractivity contribution in [3.05, 3.63) is 59.7 Å². The fourth-order valence-corrected chi connectivity index (χ4v) is 3.57. The molecule has 0 bridgehead atoms. The first-order chi connectivity index (χ1) is 13.6. The van der Waals surface area contributed by atoms with E-state index in [1.54, 1.807) is 43.5 Å². The van der Waals surface area contributed by atoms with E-state index in [-0.39, 0.29) is 24.1 Å². The van der Waals surface area contributed by atoms with Crippen LogP contribution in [-0.2, 0) is 9.59 Å². The maximum atomic E-state index is 13.3. The Balaban J connectivity index is 1.95. The molecule has 1 atom stereocenters. The van der Waals surface area contributed by atoms with Crippen LogP contribution < -0.4 is 9.64 Å². The molecule has 6 heteroatoms. The normalized spacial score (nSPS) is 16.9. The van der Waals surface area contributed by atoms with Crippen molar-refractivity contribution >= 4 is 23.4 Å². The summed E-state index contributed by atoms with van der Waals surface area (Å²) < 4.78 is 5.15. The van der Waals surface area contributed by atoms with Crippen LogP contribution >= 0.6 is 0 Å². The molecule has 152 valence electrons. The zero-order chi connectivity index (χ0) is 21.3. The second kappa shape index (κ2) is 7.70. The van der Waals surface area contributed by atoms with E-state index in [2.05, 4.69) is 0 Å². The van der Waals surface area contributed by atoms with Gasteiger partial charge in [0.25, 0.3) is 11.8 Å². The average Bonchev–Trinajstić information content (AvgIpc) is 2.95. The molecule has 1 aliphatic heterocycles. The SMILES string of the molecule is COc1ccc(C(=O)N(C2CC(=O)N(c3ccc(C)cc3)C2=O)C(C)(C)C)cc1. The van der Waals surface area contributed by atoms with Crippen LogP contribution in [-0.4, -0.2) is 41.3 Å². The number of aryl methyl sites for hydroxylation is 1. The first kappa shape index (κ1) is 20.6. The molecule has 0 spiro atoms. The number of nitrogens with zero attached hydrogens (tertiary/aromatic N) is 2. The number of anilines is 1. The molecule has 3 rings (SSSR count). The van der Waals surface area contributed by atoms with Crippen LogP contribution in [0.1, 0.15) is 43.1 Å². The van der Waals surface area contributed by atoms with Gasteiger partial charge in [-0.2, -0.15) is 0 Å². The number of rotatable bonds is 4. The number of ether oxygens (including phenoxy) is 1. The summed E-state index contributed by atoms with van der Waals surface area (Å²) in [6, 6.07) is 13.1. The van der Waals surface area contributed by atoms with Crippen molar-refractivity contribution in [1.82, 2.24) is 4.90 Å². The van der Waals surface area contributed by atoms with Gasteiger partial charge in [0, 0.05) is 11.1 Å². The minimum Gasteiger partial charge on any atom is -0.497 e. The highest BCUT2D eigenvalue weighted by Crippen LogP contribution is 2.31. The number of benzene rings is 2. The summed E-state index contributed by atoms with van der Waals surface area (Å²) in [5, 5.41) is 0. The van der Waals surface area contributed by atoms with Crippen LogP contribution in [0.15, 0.2) is 48.5 Å². The van der Waals surface area contributed by atoms with Gasteiger partial charge in [0.05, 0.1) is 19.2 Å². The average molecular weight is 394 g/mol. The molecule has 1 heterocycles. The van der Waals surface area contributed by atoms with E-state index in [1.807, 2.05) is 39.8 Å². The van der Waals surface area contributed by atoms with Gasteiger partial charge in [0.15, 0.2) is 0 Å². The summed E-state index contributed by atoms with van der Waals surface area (Å²) in [5.74, 6) is -0.338. The van der Waals surface area contributed by atoms with Crippen LogP contribution in [0.2, 0.25) is 0 Å². The van der Waals surface area contributed by atoms with Crippen molar-refractivity contribution in [2.24, 2.45) is 0 Å². The van der Waals surface area contributed by atoms with Gasteiger partial charge in [-0.15, -0.1) is 0 Å². The molecule has 1 unspecified atom stereocenters. The molecule has 2 aromatic carbocycles. The molecule has 1 saturated heterocycles. The van der Waals surface area contributed by atoms with Gasteiger partial charge >= 0.3 is 0 Å². The molecule has 1 fully saturated rings. The van der Waals surface area contributed by atoms with Crippen LogP contribution in [0.3, 0.4) is 0 Å². The molecule has 0 radical (unpaired) electrons. The highest BCUT2D eigenvalue weighted by Gasteiger charge is 2.47. The number of imide groups is 1. The van der Waals surface area contributed by atoms with Gasteiger partial charge in [-0.1, -0.05) is 17.7 Å². The Morgan fingerprint density at radius 2 is 1.62 bits per heavy atom. The summed E-state index contributed by atoms with van der Waals surface area (Å²) in [6.07, 6.45) is -0.0358. The Bertz CT molecular complexity index is 927. The largest absolute Gasteiger partial charge is 0.497 e. The molecule has 0 aromatic heterocycles. The third kappa shape index (κ3) is 4.01. The maximum absolute atomic E-state index is 13.3. The Hall–Kier alpha value is -3.15. The van der Waals surface area contributed by atoms with E-state index >= 15 is 0 Å². The van der Waals surface area contributed by atoms with E-state index in [9.17, 15) is 14.4 Å². The van der Waals surface area contributed by atoms with Gasteiger partial charge in [0.1, 0.15) is 11.8 Å². The zero-order valence-electron chi connectivity index (χ0n) is 17.4. The highest BCUT2D eigenvalue weighted by molar-refractivity contribution is 6.23. The van der Waals surface area contributed by atoms with Crippen molar-refractivity contribution in [3.8, 4) is 5.75 Å². The van der Waals surface area contributed by atoms with Gasteiger partial charge in [-0.3, -0.25) is 14.4 Å². The summed E-state index contributed by atoms with van der Waals surface area (Å²) in [4.78, 5) is 41.9. The van der Waals surface area contributed by atoms with Gasteiger partial charge in [-0.25, -0.2) is 4.90 Å². The Labute approximate surface area is 171 Å². The van der Waals surface area contributed by atoms with E-state index in [1.165, 1.54) is 9.80 Å². The predicted octanol–water partition coefficient (Wildman–Crippen LogP) is 3.58. The lowest BCUT2D eigenvalue weighted by Crippen LogP contribution is -2.54. The summed E-state index contributed by atoms with van der Waals surface area (Å²) in [6.45, 7) is 7.53. The fourth-order valence-electron chi connectivity index (χ4n) is 3.57. The summed E-state index contributed by atoms with van der Waals surface area (Å²) in [7, 11) is 1.56. The van der Waals surface area contributed by atoms with Gasteiger partial charge in [0.2, 0.25) is 5.91 Å². The van der Waals surface area contributed by atoms with Crippen molar-refractivity contribution in [2.75, 3.05) is 12.0 Å². The lowest BCUT2D eigenvalue weighted by Gasteiger charge is -2.39. The zero-order valence-corrected chi connectivity index (χ0v) is 17.4. The topological polar surface area (TPSA) is 66.9 Å². The third-order valence-electron chi connectivity index (χ3n) is 5.01. The number of carbonyl (C=O) groups is 3. The van der Waals surface area contributed by atoms with Crippen molar-refractivity contribution in [2.45, 2.75) is 45.7 Å². The molecular weight excluding hydrogens is 368 g/mol. The number of hydrogen-bond acceptors (Lipinski definition) is 4. The number of methoxy groups -OCH3 is 1. The van der Waals surface area contributed by atoms with E-state index in [0.29, 0.717) is 17.0 Å². The molecule has 2 aromatic rings. The number of amides is 3. The second-order valence-electron chi connectivity index (χ2n) is 8.20. The maximum Gasteiger partial charge on any atom is 0.257 e. The Morgan fingerprint density at radius 3 is 2.14 bits per heavy atom. The standard InChI is InChI=1S/C23H26N2O4/c1-15-6-10-17(11-7-15)24-20(26)14-19(22(24)28)25(23(2,3)4)21(27)16-8-12-18(29-5)13-9-16/h6-13,19H,14H2,1-5H3. The molecule has 0 saturated carbocycles. The smallest absolute Gasteiger partial charge is 0.257 e. The first-order valence-corrected chi connectivity index (χ1v) is 9.54. The van der Waals surface area contributed by atoms with Gasteiger partial charge < -0.3 is 9.64 Å². The third-order valence-corrected chi connectivity index (χ3v) is 5.01. The summed E-state index contributed by atoms with van der Waals surface area (Å²) >= 11 is 0. The minimum atomic E-state index is -0.849. The lowest BCUT2D eigenvalue weighted by atomic mass is 9.99. The molecular formula is C23H26N2O4. The summed E-state index contributed by atoms with van der Waals surface area (Å²) in [5.41, 5.74) is 1.35. The first-order valence-electron chi connectivity index (χ1n) is 9.54. The molecule has 29 heavy (non-hydrogen) atoms. The van der Waals surface area contributed by atoms with Crippen LogP contribution in [0.4, 0.5) is 5.69 Å². The molecule has 0 N–H and O–H groups in total. The number of carbonyl (C=O) groups excluding carboxylic acids is 3.